The SMILES string of the molecule is CC(C)(C)OC(=O)CCC(=O)NCCC(N)=O. The van der Waals surface area contributed by atoms with Crippen LogP contribution in [0.1, 0.15) is 40.0 Å². The number of ether oxygens (including phenoxy) is 1. The van der Waals surface area contributed by atoms with Crippen molar-refractivity contribution >= 4 is 17.8 Å². The Labute approximate surface area is 101 Å². The first-order valence-corrected chi connectivity index (χ1v) is 5.47. The standard InChI is InChI=1S/C11H20N2O4/c1-11(2,3)17-10(16)5-4-9(15)13-7-6-8(12)14/h4-7H2,1-3H3,(H2,12,14)(H,13,15). The zero-order chi connectivity index (χ0) is 13.5. The van der Waals surface area contributed by atoms with E-state index in [2.05, 4.69) is 5.32 Å². The van der Waals surface area contributed by atoms with Crippen LogP contribution in [0.2, 0.25) is 0 Å². The molecule has 0 saturated heterocycles. The van der Waals surface area contributed by atoms with Crippen molar-refractivity contribution in [2.75, 3.05) is 6.54 Å². The number of amides is 2. The minimum Gasteiger partial charge on any atom is -0.460 e. The van der Waals surface area contributed by atoms with Crippen LogP contribution in [0.5, 0.6) is 0 Å². The van der Waals surface area contributed by atoms with Gasteiger partial charge >= 0.3 is 5.97 Å². The fraction of sp³-hybridized carbons (Fsp3) is 0.727. The number of nitrogens with two attached hydrogens (primary N) is 1. The normalized spacial score (nSPS) is 10.8. The molecule has 98 valence electrons. The Morgan fingerprint density at radius 3 is 2.18 bits per heavy atom. The fourth-order valence-electron chi connectivity index (χ4n) is 1.02. The topological polar surface area (TPSA) is 98.5 Å². The van der Waals surface area contributed by atoms with E-state index in [9.17, 15) is 14.4 Å². The van der Waals surface area contributed by atoms with E-state index < -0.39 is 17.5 Å². The van der Waals surface area contributed by atoms with Gasteiger partial charge in [0.05, 0.1) is 6.42 Å². The highest BCUT2D eigenvalue weighted by Crippen LogP contribution is 2.08. The number of primary amides is 1. The molecule has 0 aromatic heterocycles. The molecule has 0 aliphatic rings. The third-order valence-corrected chi connectivity index (χ3v) is 1.67. The molecule has 0 aliphatic heterocycles. The van der Waals surface area contributed by atoms with Gasteiger partial charge in [0.25, 0.3) is 0 Å². The highest BCUT2D eigenvalue weighted by atomic mass is 16.6. The van der Waals surface area contributed by atoms with E-state index in [1.165, 1.54) is 0 Å². The van der Waals surface area contributed by atoms with E-state index in [0.717, 1.165) is 0 Å². The van der Waals surface area contributed by atoms with Crippen molar-refractivity contribution in [3.8, 4) is 0 Å². The Morgan fingerprint density at radius 2 is 1.71 bits per heavy atom. The maximum absolute atomic E-state index is 11.3. The highest BCUT2D eigenvalue weighted by Gasteiger charge is 2.16. The van der Waals surface area contributed by atoms with Gasteiger partial charge in [-0.15, -0.1) is 0 Å². The third kappa shape index (κ3) is 10.7. The van der Waals surface area contributed by atoms with Gasteiger partial charge in [0, 0.05) is 19.4 Å². The van der Waals surface area contributed by atoms with Crippen molar-refractivity contribution in [1.82, 2.24) is 5.32 Å². The molecule has 0 spiro atoms. The molecule has 6 nitrogen and oxygen atoms in total. The number of rotatable bonds is 6. The summed E-state index contributed by atoms with van der Waals surface area (Å²) in [7, 11) is 0. The Kier molecular flexibility index (Phi) is 6.23. The lowest BCUT2D eigenvalue weighted by Gasteiger charge is -2.19. The predicted molar refractivity (Wildman–Crippen MR) is 61.9 cm³/mol. The summed E-state index contributed by atoms with van der Waals surface area (Å²) in [5.74, 6) is -1.18. The molecule has 17 heavy (non-hydrogen) atoms. The van der Waals surface area contributed by atoms with Gasteiger partial charge in [-0.25, -0.2) is 0 Å². The molecular formula is C11H20N2O4. The van der Waals surface area contributed by atoms with Crippen molar-refractivity contribution < 1.29 is 19.1 Å². The summed E-state index contributed by atoms with van der Waals surface area (Å²) in [6.07, 6.45) is 0.172. The zero-order valence-electron chi connectivity index (χ0n) is 10.5. The van der Waals surface area contributed by atoms with Gasteiger partial charge < -0.3 is 15.8 Å². The Balaban J connectivity index is 3.70. The molecule has 0 bridgehead atoms. The summed E-state index contributed by atoms with van der Waals surface area (Å²) < 4.78 is 5.04. The summed E-state index contributed by atoms with van der Waals surface area (Å²) in [4.78, 5) is 32.9. The zero-order valence-corrected chi connectivity index (χ0v) is 10.5. The number of carbonyl (C=O) groups excluding carboxylic acids is 3. The smallest absolute Gasteiger partial charge is 0.306 e. The van der Waals surface area contributed by atoms with Gasteiger partial charge in [0.1, 0.15) is 5.60 Å². The first kappa shape index (κ1) is 15.4. The van der Waals surface area contributed by atoms with Crippen LogP contribution in [-0.2, 0) is 19.1 Å². The molecule has 0 aromatic carbocycles. The van der Waals surface area contributed by atoms with E-state index in [4.69, 9.17) is 10.5 Å². The summed E-state index contributed by atoms with van der Waals surface area (Å²) in [5.41, 5.74) is 4.36. The van der Waals surface area contributed by atoms with Crippen LogP contribution in [0.15, 0.2) is 0 Å². The molecule has 0 heterocycles. The van der Waals surface area contributed by atoms with Gasteiger partial charge in [-0.3, -0.25) is 14.4 Å². The van der Waals surface area contributed by atoms with Crippen LogP contribution in [0.3, 0.4) is 0 Å². The lowest BCUT2D eigenvalue weighted by Crippen LogP contribution is -2.29. The molecule has 3 N–H and O–H groups in total. The molecule has 0 fully saturated rings. The van der Waals surface area contributed by atoms with Crippen LogP contribution >= 0.6 is 0 Å². The van der Waals surface area contributed by atoms with Crippen LogP contribution in [0.25, 0.3) is 0 Å². The average Bonchev–Trinajstić information content (AvgIpc) is 2.11. The minimum absolute atomic E-state index is 0.0275. The van der Waals surface area contributed by atoms with Crippen LogP contribution in [0, 0.1) is 0 Å². The van der Waals surface area contributed by atoms with Gasteiger partial charge in [-0.05, 0) is 20.8 Å². The summed E-state index contributed by atoms with van der Waals surface area (Å²) in [5, 5.41) is 2.48. The van der Waals surface area contributed by atoms with Crippen molar-refractivity contribution in [2.45, 2.75) is 45.6 Å². The fourth-order valence-corrected chi connectivity index (χ4v) is 1.02. The van der Waals surface area contributed by atoms with E-state index in [1.54, 1.807) is 20.8 Å². The van der Waals surface area contributed by atoms with Crippen molar-refractivity contribution in [3.63, 3.8) is 0 Å². The second-order valence-electron chi connectivity index (χ2n) is 4.65. The molecule has 0 atom stereocenters. The molecule has 0 aliphatic carbocycles. The molecule has 0 rings (SSSR count). The largest absolute Gasteiger partial charge is 0.460 e. The van der Waals surface area contributed by atoms with E-state index in [-0.39, 0.29) is 31.7 Å². The van der Waals surface area contributed by atoms with E-state index >= 15 is 0 Å². The van der Waals surface area contributed by atoms with Crippen molar-refractivity contribution in [1.29, 1.82) is 0 Å². The monoisotopic (exact) mass is 244 g/mol. The molecule has 6 heteroatoms. The lowest BCUT2D eigenvalue weighted by molar-refractivity contribution is -0.155. The lowest BCUT2D eigenvalue weighted by atomic mass is 10.2. The Hall–Kier alpha value is -1.59. The van der Waals surface area contributed by atoms with Crippen molar-refractivity contribution in [3.05, 3.63) is 0 Å². The first-order chi connectivity index (χ1) is 7.70. The highest BCUT2D eigenvalue weighted by molar-refractivity contribution is 5.82. The number of hydrogen-bond donors (Lipinski definition) is 2. The molecule has 2 amide bonds. The number of esters is 1. The van der Waals surface area contributed by atoms with Gasteiger partial charge in [-0.1, -0.05) is 0 Å². The van der Waals surface area contributed by atoms with Crippen LogP contribution in [0.4, 0.5) is 0 Å². The summed E-state index contributed by atoms with van der Waals surface area (Å²) in [6, 6.07) is 0. The van der Waals surface area contributed by atoms with E-state index in [0.29, 0.717) is 0 Å². The molecule has 0 radical (unpaired) electrons. The van der Waals surface area contributed by atoms with Gasteiger partial charge in [0.2, 0.25) is 11.8 Å². The maximum Gasteiger partial charge on any atom is 0.306 e. The van der Waals surface area contributed by atoms with Gasteiger partial charge in [0.15, 0.2) is 0 Å². The first-order valence-electron chi connectivity index (χ1n) is 5.47. The average molecular weight is 244 g/mol. The quantitative estimate of drug-likeness (QED) is 0.647. The molecule has 0 aromatic rings. The maximum atomic E-state index is 11.3. The molecule has 0 unspecified atom stereocenters. The summed E-state index contributed by atoms with van der Waals surface area (Å²) in [6.45, 7) is 5.48. The number of hydrogen-bond acceptors (Lipinski definition) is 4. The molecular weight excluding hydrogens is 224 g/mol. The second-order valence-corrected chi connectivity index (χ2v) is 4.65. The number of carbonyl (C=O) groups is 3. The Morgan fingerprint density at radius 1 is 1.12 bits per heavy atom. The van der Waals surface area contributed by atoms with E-state index in [1.807, 2.05) is 0 Å². The number of nitrogens with one attached hydrogen (secondary N) is 1. The van der Waals surface area contributed by atoms with Crippen LogP contribution in [-0.4, -0.2) is 29.9 Å². The minimum atomic E-state index is -0.542. The summed E-state index contributed by atoms with van der Waals surface area (Å²) >= 11 is 0. The third-order valence-electron chi connectivity index (χ3n) is 1.67. The molecule has 0 saturated carbocycles. The van der Waals surface area contributed by atoms with Crippen LogP contribution < -0.4 is 11.1 Å². The Bertz CT molecular complexity index is 294. The van der Waals surface area contributed by atoms with Crippen molar-refractivity contribution in [2.24, 2.45) is 5.73 Å². The van der Waals surface area contributed by atoms with Gasteiger partial charge in [-0.2, -0.15) is 0 Å². The second kappa shape index (κ2) is 6.88. The predicted octanol–water partition coefficient (Wildman–Crippen LogP) is 0.0999.